The zero-order chi connectivity index (χ0) is 10.4. The molecule has 0 aliphatic carbocycles. The Hall–Kier alpha value is -0.810. The number of ketones is 1. The Balaban J connectivity index is 2.38. The zero-order valence-corrected chi connectivity index (χ0v) is 8.96. The minimum atomic E-state index is 0.168. The number of carbonyl (C=O) groups is 1. The van der Waals surface area contributed by atoms with Crippen molar-refractivity contribution in [3.8, 4) is 12.3 Å². The Morgan fingerprint density at radius 2 is 2.36 bits per heavy atom. The molecule has 1 unspecified atom stereocenters. The molecule has 0 spiro atoms. The standard InChI is InChI=1S/C12H19NO/c1-3-4-6-9-13-10-7-5-8-12(13)11(2)14/h1,12H,4-10H2,2H3. The molecule has 14 heavy (non-hydrogen) atoms. The number of hydrogen-bond acceptors (Lipinski definition) is 2. The van der Waals surface area contributed by atoms with Crippen molar-refractivity contribution in [3.05, 3.63) is 0 Å². The normalized spacial score (nSPS) is 23.0. The van der Waals surface area contributed by atoms with E-state index in [-0.39, 0.29) is 6.04 Å². The number of hydrogen-bond donors (Lipinski definition) is 0. The third-order valence-corrected chi connectivity index (χ3v) is 2.85. The molecule has 0 saturated carbocycles. The lowest BCUT2D eigenvalue weighted by atomic mass is 9.99. The molecule has 1 atom stereocenters. The summed E-state index contributed by atoms with van der Waals surface area (Å²) in [5, 5.41) is 0. The molecule has 1 aliphatic rings. The van der Waals surface area contributed by atoms with Gasteiger partial charge in [-0.15, -0.1) is 12.3 Å². The number of carbonyl (C=O) groups excluding carboxylic acids is 1. The highest BCUT2D eigenvalue weighted by molar-refractivity contribution is 5.81. The van der Waals surface area contributed by atoms with Gasteiger partial charge in [0.05, 0.1) is 6.04 Å². The van der Waals surface area contributed by atoms with Crippen LogP contribution in [0.5, 0.6) is 0 Å². The van der Waals surface area contributed by atoms with Gasteiger partial charge in [-0.1, -0.05) is 6.42 Å². The van der Waals surface area contributed by atoms with Gasteiger partial charge in [0, 0.05) is 6.42 Å². The van der Waals surface area contributed by atoms with Crippen LogP contribution in [0.2, 0.25) is 0 Å². The maximum absolute atomic E-state index is 11.4. The van der Waals surface area contributed by atoms with E-state index in [1.165, 1.54) is 12.8 Å². The van der Waals surface area contributed by atoms with E-state index in [9.17, 15) is 4.79 Å². The highest BCUT2D eigenvalue weighted by Crippen LogP contribution is 2.17. The van der Waals surface area contributed by atoms with E-state index < -0.39 is 0 Å². The van der Waals surface area contributed by atoms with E-state index in [0.29, 0.717) is 5.78 Å². The first-order valence-electron chi connectivity index (χ1n) is 5.43. The molecule has 0 amide bonds. The molecule has 2 heteroatoms. The van der Waals surface area contributed by atoms with Gasteiger partial charge >= 0.3 is 0 Å². The van der Waals surface area contributed by atoms with Crippen molar-refractivity contribution in [1.82, 2.24) is 4.90 Å². The number of likely N-dealkylation sites (tertiary alicyclic amines) is 1. The van der Waals surface area contributed by atoms with Gasteiger partial charge < -0.3 is 0 Å². The summed E-state index contributed by atoms with van der Waals surface area (Å²) in [5.74, 6) is 2.95. The Morgan fingerprint density at radius 1 is 1.57 bits per heavy atom. The van der Waals surface area contributed by atoms with Gasteiger partial charge in [0.25, 0.3) is 0 Å². The van der Waals surface area contributed by atoms with E-state index in [1.54, 1.807) is 6.92 Å². The average molecular weight is 193 g/mol. The molecule has 78 valence electrons. The first kappa shape index (κ1) is 11.3. The van der Waals surface area contributed by atoms with Crippen LogP contribution < -0.4 is 0 Å². The van der Waals surface area contributed by atoms with Gasteiger partial charge in [0.1, 0.15) is 5.78 Å². The smallest absolute Gasteiger partial charge is 0.146 e. The van der Waals surface area contributed by atoms with E-state index in [2.05, 4.69) is 10.8 Å². The van der Waals surface area contributed by atoms with E-state index >= 15 is 0 Å². The molecule has 1 aliphatic heterocycles. The summed E-state index contributed by atoms with van der Waals surface area (Å²) in [6.07, 6.45) is 10.5. The Kier molecular flexibility index (Phi) is 4.69. The van der Waals surface area contributed by atoms with Crippen LogP contribution in [0.1, 0.15) is 39.0 Å². The third-order valence-electron chi connectivity index (χ3n) is 2.85. The predicted molar refractivity (Wildman–Crippen MR) is 58.0 cm³/mol. The van der Waals surface area contributed by atoms with E-state index in [1.807, 2.05) is 0 Å². The zero-order valence-electron chi connectivity index (χ0n) is 8.96. The summed E-state index contributed by atoms with van der Waals surface area (Å²) in [7, 11) is 0. The maximum Gasteiger partial charge on any atom is 0.146 e. The number of Topliss-reactive ketones (excluding diaryl/α,β-unsaturated/α-hetero) is 1. The molecule has 0 bridgehead atoms. The fraction of sp³-hybridized carbons (Fsp3) is 0.750. The lowest BCUT2D eigenvalue weighted by molar-refractivity contribution is -0.123. The molecule has 0 aromatic heterocycles. The summed E-state index contributed by atoms with van der Waals surface area (Å²) in [6.45, 7) is 3.74. The summed E-state index contributed by atoms with van der Waals surface area (Å²) < 4.78 is 0. The molecule has 0 aromatic rings. The summed E-state index contributed by atoms with van der Waals surface area (Å²) in [4.78, 5) is 13.7. The van der Waals surface area contributed by atoms with Crippen molar-refractivity contribution < 1.29 is 4.79 Å². The highest BCUT2D eigenvalue weighted by Gasteiger charge is 2.24. The number of rotatable bonds is 4. The second-order valence-electron chi connectivity index (χ2n) is 3.97. The van der Waals surface area contributed by atoms with Gasteiger partial charge in [-0.25, -0.2) is 0 Å². The first-order chi connectivity index (χ1) is 6.75. The second kappa shape index (κ2) is 5.82. The molecule has 0 aromatic carbocycles. The molecule has 1 fully saturated rings. The van der Waals surface area contributed by atoms with Crippen LogP contribution in [0.15, 0.2) is 0 Å². The summed E-state index contributed by atoms with van der Waals surface area (Å²) in [5.41, 5.74) is 0. The third kappa shape index (κ3) is 3.16. The number of terminal acetylenes is 1. The SMILES string of the molecule is C#CCCCN1CCCCC1C(C)=O. The van der Waals surface area contributed by atoms with Crippen LogP contribution in [-0.2, 0) is 4.79 Å². The molecule has 0 N–H and O–H groups in total. The van der Waals surface area contributed by atoms with Gasteiger partial charge in [-0.3, -0.25) is 9.69 Å². The molecule has 1 heterocycles. The van der Waals surface area contributed by atoms with Gasteiger partial charge in [-0.05, 0) is 39.3 Å². The average Bonchev–Trinajstić information content (AvgIpc) is 2.19. The fourth-order valence-electron chi connectivity index (χ4n) is 2.10. The van der Waals surface area contributed by atoms with Crippen LogP contribution in [-0.4, -0.2) is 29.8 Å². The number of piperidine rings is 1. The molecular weight excluding hydrogens is 174 g/mol. The monoisotopic (exact) mass is 193 g/mol. The minimum Gasteiger partial charge on any atom is -0.298 e. The van der Waals surface area contributed by atoms with Crippen molar-refractivity contribution in [2.24, 2.45) is 0 Å². The lowest BCUT2D eigenvalue weighted by Gasteiger charge is -2.33. The van der Waals surface area contributed by atoms with Crippen LogP contribution in [0, 0.1) is 12.3 Å². The Morgan fingerprint density at radius 3 is 3.00 bits per heavy atom. The van der Waals surface area contributed by atoms with E-state index in [0.717, 1.165) is 32.4 Å². The first-order valence-corrected chi connectivity index (χ1v) is 5.43. The lowest BCUT2D eigenvalue weighted by Crippen LogP contribution is -2.44. The van der Waals surface area contributed by atoms with E-state index in [4.69, 9.17) is 6.42 Å². The summed E-state index contributed by atoms with van der Waals surface area (Å²) in [6, 6.07) is 0.168. The van der Waals surface area contributed by atoms with Crippen molar-refractivity contribution in [1.29, 1.82) is 0 Å². The topological polar surface area (TPSA) is 20.3 Å². The number of nitrogens with zero attached hydrogens (tertiary/aromatic N) is 1. The second-order valence-corrected chi connectivity index (χ2v) is 3.97. The Labute approximate surface area is 86.7 Å². The van der Waals surface area contributed by atoms with Gasteiger partial charge in [-0.2, -0.15) is 0 Å². The molecule has 1 rings (SSSR count). The molecule has 1 saturated heterocycles. The van der Waals surface area contributed by atoms with Crippen molar-refractivity contribution in [2.75, 3.05) is 13.1 Å². The van der Waals surface area contributed by atoms with Gasteiger partial charge in [0.15, 0.2) is 0 Å². The van der Waals surface area contributed by atoms with Crippen molar-refractivity contribution in [3.63, 3.8) is 0 Å². The van der Waals surface area contributed by atoms with Crippen LogP contribution in [0.25, 0.3) is 0 Å². The van der Waals surface area contributed by atoms with Gasteiger partial charge in [0.2, 0.25) is 0 Å². The largest absolute Gasteiger partial charge is 0.298 e. The van der Waals surface area contributed by atoms with Crippen LogP contribution in [0.3, 0.4) is 0 Å². The Bertz CT molecular complexity index is 229. The molecule has 0 radical (unpaired) electrons. The van der Waals surface area contributed by atoms with Crippen molar-refractivity contribution >= 4 is 5.78 Å². The molecular formula is C12H19NO. The fourth-order valence-corrected chi connectivity index (χ4v) is 2.10. The van der Waals surface area contributed by atoms with Crippen LogP contribution >= 0.6 is 0 Å². The number of unbranched alkanes of at least 4 members (excludes halogenated alkanes) is 1. The summed E-state index contributed by atoms with van der Waals surface area (Å²) >= 11 is 0. The quantitative estimate of drug-likeness (QED) is 0.501. The minimum absolute atomic E-state index is 0.168. The van der Waals surface area contributed by atoms with Crippen molar-refractivity contribution in [2.45, 2.75) is 45.1 Å². The van der Waals surface area contributed by atoms with Crippen LogP contribution in [0.4, 0.5) is 0 Å². The predicted octanol–water partition coefficient (Wildman–Crippen LogP) is 1.84. The highest BCUT2D eigenvalue weighted by atomic mass is 16.1. The molecule has 2 nitrogen and oxygen atoms in total. The maximum atomic E-state index is 11.4.